The number of nitrogens with zero attached hydrogens (tertiary/aromatic N) is 6. The standard InChI is InChI=1S/C22H22N6O/c1-29-21-10-8-18(9-11-21)22-16-28(26-25-22)17-27(14-19-6-2-4-12-23-19)15-20-7-3-5-13-24-20/h2-13,16H,14-15,17H2,1H3. The lowest BCUT2D eigenvalue weighted by atomic mass is 10.2. The fourth-order valence-electron chi connectivity index (χ4n) is 3.06. The Morgan fingerprint density at radius 2 is 1.52 bits per heavy atom. The summed E-state index contributed by atoms with van der Waals surface area (Å²) < 4.78 is 7.06. The van der Waals surface area contributed by atoms with E-state index in [1.165, 1.54) is 0 Å². The van der Waals surface area contributed by atoms with Gasteiger partial charge in [-0.3, -0.25) is 14.9 Å². The molecule has 0 aliphatic carbocycles. The van der Waals surface area contributed by atoms with Crippen LogP contribution in [-0.2, 0) is 19.8 Å². The van der Waals surface area contributed by atoms with Crippen molar-refractivity contribution in [2.24, 2.45) is 0 Å². The molecule has 4 rings (SSSR count). The Balaban J connectivity index is 1.51. The third-order valence-corrected chi connectivity index (χ3v) is 4.49. The van der Waals surface area contributed by atoms with Gasteiger partial charge in [-0.2, -0.15) is 0 Å². The van der Waals surface area contributed by atoms with Crippen LogP contribution in [-0.4, -0.2) is 37.0 Å². The van der Waals surface area contributed by atoms with E-state index in [4.69, 9.17) is 4.74 Å². The number of methoxy groups -OCH3 is 1. The van der Waals surface area contributed by atoms with E-state index in [0.717, 1.165) is 28.4 Å². The molecule has 3 aromatic heterocycles. The quantitative estimate of drug-likeness (QED) is 0.462. The lowest BCUT2D eigenvalue weighted by molar-refractivity contribution is 0.183. The van der Waals surface area contributed by atoms with Gasteiger partial charge in [0.25, 0.3) is 0 Å². The van der Waals surface area contributed by atoms with Crippen molar-refractivity contribution < 1.29 is 4.74 Å². The van der Waals surface area contributed by atoms with E-state index in [2.05, 4.69) is 25.2 Å². The first-order valence-corrected chi connectivity index (χ1v) is 9.37. The number of hydrogen-bond acceptors (Lipinski definition) is 6. The maximum atomic E-state index is 5.22. The summed E-state index contributed by atoms with van der Waals surface area (Å²) in [6.07, 6.45) is 5.57. The first kappa shape index (κ1) is 18.8. The van der Waals surface area contributed by atoms with Crippen LogP contribution in [0.2, 0.25) is 0 Å². The van der Waals surface area contributed by atoms with Crippen LogP contribution >= 0.6 is 0 Å². The van der Waals surface area contributed by atoms with Crippen LogP contribution in [0.15, 0.2) is 79.3 Å². The number of benzene rings is 1. The highest BCUT2D eigenvalue weighted by Crippen LogP contribution is 2.20. The largest absolute Gasteiger partial charge is 0.497 e. The molecule has 29 heavy (non-hydrogen) atoms. The average molecular weight is 386 g/mol. The molecule has 0 aliphatic rings. The second kappa shape index (κ2) is 9.07. The smallest absolute Gasteiger partial charge is 0.118 e. The molecule has 0 amide bonds. The highest BCUT2D eigenvalue weighted by molar-refractivity contribution is 5.58. The van der Waals surface area contributed by atoms with E-state index in [1.807, 2.05) is 83.9 Å². The summed E-state index contributed by atoms with van der Waals surface area (Å²) in [6, 6.07) is 19.7. The molecule has 0 spiro atoms. The molecule has 0 unspecified atom stereocenters. The number of aromatic nitrogens is 5. The minimum absolute atomic E-state index is 0.580. The van der Waals surface area contributed by atoms with Gasteiger partial charge in [-0.05, 0) is 48.5 Å². The fourth-order valence-corrected chi connectivity index (χ4v) is 3.06. The van der Waals surface area contributed by atoms with Gasteiger partial charge in [-0.25, -0.2) is 4.68 Å². The van der Waals surface area contributed by atoms with E-state index in [1.54, 1.807) is 7.11 Å². The van der Waals surface area contributed by atoms with Gasteiger partial charge in [0.2, 0.25) is 0 Å². The fraction of sp³-hybridized carbons (Fsp3) is 0.182. The van der Waals surface area contributed by atoms with Crippen molar-refractivity contribution in [3.8, 4) is 17.0 Å². The highest BCUT2D eigenvalue weighted by atomic mass is 16.5. The van der Waals surface area contributed by atoms with Gasteiger partial charge in [0, 0.05) is 31.0 Å². The van der Waals surface area contributed by atoms with Crippen LogP contribution in [0.25, 0.3) is 11.3 Å². The van der Waals surface area contributed by atoms with Crippen molar-refractivity contribution in [2.45, 2.75) is 19.8 Å². The van der Waals surface area contributed by atoms with Gasteiger partial charge >= 0.3 is 0 Å². The summed E-state index contributed by atoms with van der Waals surface area (Å²) in [5.41, 5.74) is 3.82. The maximum Gasteiger partial charge on any atom is 0.118 e. The summed E-state index contributed by atoms with van der Waals surface area (Å²) in [5.74, 6) is 0.818. The predicted octanol–water partition coefficient (Wildman–Crippen LogP) is 3.40. The molecule has 0 saturated heterocycles. The lowest BCUT2D eigenvalue weighted by Crippen LogP contribution is -2.27. The molecule has 4 aromatic rings. The topological polar surface area (TPSA) is 69.0 Å². The Hall–Kier alpha value is -3.58. The zero-order valence-corrected chi connectivity index (χ0v) is 16.2. The van der Waals surface area contributed by atoms with Crippen LogP contribution in [0.4, 0.5) is 0 Å². The molecular formula is C22H22N6O. The Labute approximate surface area is 169 Å². The molecule has 0 bridgehead atoms. The molecule has 0 fully saturated rings. The van der Waals surface area contributed by atoms with E-state index in [-0.39, 0.29) is 0 Å². The molecule has 146 valence electrons. The van der Waals surface area contributed by atoms with E-state index in [0.29, 0.717) is 19.8 Å². The molecule has 0 N–H and O–H groups in total. The van der Waals surface area contributed by atoms with Gasteiger partial charge in [-0.1, -0.05) is 17.3 Å². The summed E-state index contributed by atoms with van der Waals surface area (Å²) in [6.45, 7) is 1.96. The minimum Gasteiger partial charge on any atom is -0.497 e. The van der Waals surface area contributed by atoms with Gasteiger partial charge in [0.1, 0.15) is 11.4 Å². The summed E-state index contributed by atoms with van der Waals surface area (Å²) in [7, 11) is 1.66. The normalized spacial score (nSPS) is 11.0. The molecule has 1 aromatic carbocycles. The molecule has 0 radical (unpaired) electrons. The SMILES string of the molecule is COc1ccc(-c2cn(CN(Cc3ccccn3)Cc3ccccn3)nn2)cc1. The van der Waals surface area contributed by atoms with E-state index < -0.39 is 0 Å². The van der Waals surface area contributed by atoms with Gasteiger partial charge < -0.3 is 4.74 Å². The van der Waals surface area contributed by atoms with Crippen molar-refractivity contribution >= 4 is 0 Å². The second-order valence-electron chi connectivity index (χ2n) is 6.64. The third-order valence-electron chi connectivity index (χ3n) is 4.49. The number of rotatable bonds is 8. The van der Waals surface area contributed by atoms with Gasteiger partial charge in [0.05, 0.1) is 31.4 Å². The van der Waals surface area contributed by atoms with Crippen LogP contribution < -0.4 is 4.74 Å². The monoisotopic (exact) mass is 386 g/mol. The first-order valence-electron chi connectivity index (χ1n) is 9.37. The Morgan fingerprint density at radius 3 is 2.07 bits per heavy atom. The van der Waals surface area contributed by atoms with Gasteiger partial charge in [0.15, 0.2) is 0 Å². The number of hydrogen-bond donors (Lipinski definition) is 0. The Bertz CT molecular complexity index is 977. The van der Waals surface area contributed by atoms with Crippen molar-refractivity contribution in [3.05, 3.63) is 90.6 Å². The zero-order chi connectivity index (χ0) is 19.9. The van der Waals surface area contributed by atoms with E-state index in [9.17, 15) is 0 Å². The average Bonchev–Trinajstić information content (AvgIpc) is 3.24. The van der Waals surface area contributed by atoms with Crippen LogP contribution in [0.5, 0.6) is 5.75 Å². The molecule has 0 aliphatic heterocycles. The first-order chi connectivity index (χ1) is 14.3. The van der Waals surface area contributed by atoms with Gasteiger partial charge in [-0.15, -0.1) is 5.10 Å². The van der Waals surface area contributed by atoms with Crippen LogP contribution in [0.1, 0.15) is 11.4 Å². The third kappa shape index (κ3) is 5.03. The minimum atomic E-state index is 0.580. The van der Waals surface area contributed by atoms with Crippen molar-refractivity contribution in [1.29, 1.82) is 0 Å². The molecular weight excluding hydrogens is 364 g/mol. The van der Waals surface area contributed by atoms with Crippen LogP contribution in [0.3, 0.4) is 0 Å². The number of ether oxygens (including phenoxy) is 1. The van der Waals surface area contributed by atoms with Crippen LogP contribution in [0, 0.1) is 0 Å². The molecule has 7 nitrogen and oxygen atoms in total. The van der Waals surface area contributed by atoms with Crippen molar-refractivity contribution in [3.63, 3.8) is 0 Å². The summed E-state index contributed by atoms with van der Waals surface area (Å²) >= 11 is 0. The van der Waals surface area contributed by atoms with Crippen molar-refractivity contribution in [1.82, 2.24) is 29.9 Å². The molecule has 0 atom stereocenters. The summed E-state index contributed by atoms with van der Waals surface area (Å²) in [4.78, 5) is 11.1. The summed E-state index contributed by atoms with van der Waals surface area (Å²) in [5, 5.41) is 8.63. The zero-order valence-electron chi connectivity index (χ0n) is 16.2. The Morgan fingerprint density at radius 1 is 0.862 bits per heavy atom. The molecule has 3 heterocycles. The number of pyridine rings is 2. The molecule has 0 saturated carbocycles. The Kier molecular flexibility index (Phi) is 5.87. The lowest BCUT2D eigenvalue weighted by Gasteiger charge is -2.21. The van der Waals surface area contributed by atoms with Crippen molar-refractivity contribution in [2.75, 3.05) is 7.11 Å². The molecule has 7 heteroatoms. The predicted molar refractivity (Wildman–Crippen MR) is 110 cm³/mol. The highest BCUT2D eigenvalue weighted by Gasteiger charge is 2.12. The maximum absolute atomic E-state index is 5.22. The van der Waals surface area contributed by atoms with E-state index >= 15 is 0 Å². The second-order valence-corrected chi connectivity index (χ2v) is 6.64.